The summed E-state index contributed by atoms with van der Waals surface area (Å²) in [5, 5.41) is 11.0. The van der Waals surface area contributed by atoms with Crippen LogP contribution in [-0.2, 0) is 5.41 Å². The monoisotopic (exact) mass is 236 g/mol. The van der Waals surface area contributed by atoms with Crippen LogP contribution in [0.15, 0.2) is 18.2 Å². The van der Waals surface area contributed by atoms with Gasteiger partial charge >= 0.3 is 0 Å². The molecule has 2 rings (SSSR count). The van der Waals surface area contributed by atoms with E-state index < -0.39 is 0 Å². The number of nitro benzene ring substituents is 1. The molecule has 5 heteroatoms. The van der Waals surface area contributed by atoms with Gasteiger partial charge in [0, 0.05) is 23.1 Å². The summed E-state index contributed by atoms with van der Waals surface area (Å²) in [5.74, 6) is 0.637. The van der Waals surface area contributed by atoms with Gasteiger partial charge in [-0.3, -0.25) is 10.1 Å². The number of benzene rings is 1. The van der Waals surface area contributed by atoms with Gasteiger partial charge in [-0.2, -0.15) is 0 Å². The van der Waals surface area contributed by atoms with E-state index in [1.165, 1.54) is 6.07 Å². The van der Waals surface area contributed by atoms with Crippen molar-refractivity contribution >= 4 is 5.69 Å². The lowest BCUT2D eigenvalue weighted by Crippen LogP contribution is -2.32. The smallest absolute Gasteiger partial charge is 0.273 e. The Morgan fingerprint density at radius 3 is 2.59 bits per heavy atom. The van der Waals surface area contributed by atoms with Crippen molar-refractivity contribution in [2.24, 2.45) is 5.73 Å². The molecule has 1 saturated carbocycles. The molecule has 1 aromatic rings. The molecule has 1 unspecified atom stereocenters. The summed E-state index contributed by atoms with van der Waals surface area (Å²) in [6.07, 6.45) is 1.80. The van der Waals surface area contributed by atoms with E-state index in [0.29, 0.717) is 11.3 Å². The van der Waals surface area contributed by atoms with Gasteiger partial charge < -0.3 is 10.5 Å². The van der Waals surface area contributed by atoms with Crippen LogP contribution in [0.25, 0.3) is 0 Å². The highest BCUT2D eigenvalue weighted by Crippen LogP contribution is 2.53. The summed E-state index contributed by atoms with van der Waals surface area (Å²) >= 11 is 0. The minimum atomic E-state index is -0.350. The van der Waals surface area contributed by atoms with Gasteiger partial charge in [0.25, 0.3) is 5.69 Å². The predicted molar refractivity (Wildman–Crippen MR) is 64.2 cm³/mol. The molecule has 0 aliphatic heterocycles. The van der Waals surface area contributed by atoms with E-state index in [9.17, 15) is 10.1 Å². The fourth-order valence-corrected chi connectivity index (χ4v) is 2.30. The molecule has 0 aromatic heterocycles. The third-order valence-electron chi connectivity index (χ3n) is 3.60. The van der Waals surface area contributed by atoms with Gasteiger partial charge in [-0.05, 0) is 31.9 Å². The van der Waals surface area contributed by atoms with Crippen LogP contribution < -0.4 is 10.5 Å². The maximum Gasteiger partial charge on any atom is 0.273 e. The third-order valence-corrected chi connectivity index (χ3v) is 3.60. The molecule has 1 fully saturated rings. The Balaban J connectivity index is 2.53. The molecule has 0 spiro atoms. The van der Waals surface area contributed by atoms with Crippen LogP contribution >= 0.6 is 0 Å². The number of ether oxygens (including phenoxy) is 1. The Bertz CT molecular complexity index is 453. The molecule has 1 aliphatic rings. The first-order chi connectivity index (χ1) is 8.01. The summed E-state index contributed by atoms with van der Waals surface area (Å²) < 4.78 is 5.13. The highest BCUT2D eigenvalue weighted by Gasteiger charge is 2.51. The molecule has 0 radical (unpaired) electrons. The van der Waals surface area contributed by atoms with Gasteiger partial charge in [0.1, 0.15) is 5.75 Å². The lowest BCUT2D eigenvalue weighted by molar-refractivity contribution is -0.385. The van der Waals surface area contributed by atoms with Crippen molar-refractivity contribution in [1.82, 2.24) is 0 Å². The van der Waals surface area contributed by atoms with E-state index in [2.05, 4.69) is 0 Å². The van der Waals surface area contributed by atoms with E-state index in [4.69, 9.17) is 10.5 Å². The quantitative estimate of drug-likeness (QED) is 0.640. The highest BCUT2D eigenvalue weighted by molar-refractivity contribution is 5.52. The number of nitrogens with two attached hydrogens (primary N) is 1. The minimum absolute atomic E-state index is 0.0895. The molecule has 0 heterocycles. The van der Waals surface area contributed by atoms with Crippen molar-refractivity contribution in [3.63, 3.8) is 0 Å². The number of rotatable bonds is 4. The molecule has 0 saturated heterocycles. The topological polar surface area (TPSA) is 78.4 Å². The van der Waals surface area contributed by atoms with Crippen LogP contribution in [0.5, 0.6) is 5.75 Å². The molecular formula is C12H16N2O3. The second-order valence-electron chi connectivity index (χ2n) is 4.59. The first kappa shape index (κ1) is 11.9. The van der Waals surface area contributed by atoms with E-state index in [0.717, 1.165) is 12.8 Å². The zero-order chi connectivity index (χ0) is 12.6. The molecule has 17 heavy (non-hydrogen) atoms. The second kappa shape index (κ2) is 4.00. The summed E-state index contributed by atoms with van der Waals surface area (Å²) in [6, 6.07) is 4.76. The van der Waals surface area contributed by atoms with Crippen LogP contribution in [0.3, 0.4) is 0 Å². The summed E-state index contributed by atoms with van der Waals surface area (Å²) in [4.78, 5) is 10.7. The Labute approximate surface area is 99.7 Å². The SMILES string of the molecule is COc1ccc([N+](=O)[O-])c(C2(C(C)N)CC2)c1. The normalized spacial score (nSPS) is 18.5. The van der Waals surface area contributed by atoms with Crippen molar-refractivity contribution in [2.45, 2.75) is 31.2 Å². The lowest BCUT2D eigenvalue weighted by atomic mass is 9.88. The van der Waals surface area contributed by atoms with Gasteiger partial charge in [0.05, 0.1) is 12.0 Å². The number of hydrogen-bond acceptors (Lipinski definition) is 4. The average molecular weight is 236 g/mol. The molecule has 5 nitrogen and oxygen atoms in total. The number of methoxy groups -OCH3 is 1. The Kier molecular flexibility index (Phi) is 2.79. The average Bonchev–Trinajstić information content (AvgIpc) is 3.09. The van der Waals surface area contributed by atoms with E-state index in [-0.39, 0.29) is 22.1 Å². The van der Waals surface area contributed by atoms with Crippen LogP contribution in [0.1, 0.15) is 25.3 Å². The van der Waals surface area contributed by atoms with Crippen molar-refractivity contribution in [3.8, 4) is 5.75 Å². The van der Waals surface area contributed by atoms with E-state index >= 15 is 0 Å². The Morgan fingerprint density at radius 1 is 1.53 bits per heavy atom. The van der Waals surface area contributed by atoms with Gasteiger partial charge in [0.2, 0.25) is 0 Å². The molecule has 1 atom stereocenters. The van der Waals surface area contributed by atoms with Crippen LogP contribution in [0, 0.1) is 10.1 Å². The molecule has 0 amide bonds. The van der Waals surface area contributed by atoms with Crippen molar-refractivity contribution in [1.29, 1.82) is 0 Å². The molecule has 92 valence electrons. The number of hydrogen-bond donors (Lipinski definition) is 1. The largest absolute Gasteiger partial charge is 0.497 e. The highest BCUT2D eigenvalue weighted by atomic mass is 16.6. The fourth-order valence-electron chi connectivity index (χ4n) is 2.30. The molecular weight excluding hydrogens is 220 g/mol. The van der Waals surface area contributed by atoms with Gasteiger partial charge in [-0.15, -0.1) is 0 Å². The van der Waals surface area contributed by atoms with Gasteiger partial charge in [-0.1, -0.05) is 0 Å². The van der Waals surface area contributed by atoms with E-state index in [1.54, 1.807) is 19.2 Å². The zero-order valence-corrected chi connectivity index (χ0v) is 9.97. The number of nitro groups is 1. The number of nitrogens with zero attached hydrogens (tertiary/aromatic N) is 1. The Hall–Kier alpha value is -1.62. The standard InChI is InChI=1S/C12H16N2O3/c1-8(13)12(5-6-12)10-7-9(17-2)3-4-11(10)14(15)16/h3-4,7-8H,5-6,13H2,1-2H3. The third kappa shape index (κ3) is 1.86. The van der Waals surface area contributed by atoms with Crippen molar-refractivity contribution < 1.29 is 9.66 Å². The predicted octanol–water partition coefficient (Wildman–Crippen LogP) is 1.98. The minimum Gasteiger partial charge on any atom is -0.497 e. The molecule has 0 bridgehead atoms. The Morgan fingerprint density at radius 2 is 2.18 bits per heavy atom. The zero-order valence-electron chi connectivity index (χ0n) is 9.97. The van der Waals surface area contributed by atoms with Crippen molar-refractivity contribution in [3.05, 3.63) is 33.9 Å². The summed E-state index contributed by atoms with van der Waals surface area (Å²) in [5.41, 5.74) is 6.57. The van der Waals surface area contributed by atoms with Gasteiger partial charge in [0.15, 0.2) is 0 Å². The van der Waals surface area contributed by atoms with Crippen LogP contribution in [-0.4, -0.2) is 18.1 Å². The van der Waals surface area contributed by atoms with Gasteiger partial charge in [-0.25, -0.2) is 0 Å². The first-order valence-corrected chi connectivity index (χ1v) is 5.60. The summed E-state index contributed by atoms with van der Waals surface area (Å²) in [7, 11) is 1.55. The molecule has 1 aromatic carbocycles. The second-order valence-corrected chi connectivity index (χ2v) is 4.59. The molecule has 1 aliphatic carbocycles. The lowest BCUT2D eigenvalue weighted by Gasteiger charge is -2.20. The van der Waals surface area contributed by atoms with Crippen LogP contribution in [0.2, 0.25) is 0 Å². The van der Waals surface area contributed by atoms with E-state index in [1.807, 2.05) is 6.92 Å². The summed E-state index contributed by atoms with van der Waals surface area (Å²) in [6.45, 7) is 1.90. The van der Waals surface area contributed by atoms with Crippen molar-refractivity contribution in [2.75, 3.05) is 7.11 Å². The van der Waals surface area contributed by atoms with Crippen LogP contribution in [0.4, 0.5) is 5.69 Å². The maximum atomic E-state index is 11.0. The molecule has 2 N–H and O–H groups in total. The first-order valence-electron chi connectivity index (χ1n) is 5.60. The maximum absolute atomic E-state index is 11.0. The fraction of sp³-hybridized carbons (Fsp3) is 0.500.